The minimum absolute atomic E-state index is 1.09. The first kappa shape index (κ1) is 17.8. The second kappa shape index (κ2) is 8.35. The van der Waals surface area contributed by atoms with Crippen molar-refractivity contribution in [2.75, 3.05) is 5.32 Å². The molecule has 1 nitrogen and oxygen atoms in total. The fourth-order valence-electron chi connectivity index (χ4n) is 2.94. The van der Waals surface area contributed by atoms with E-state index in [1.807, 2.05) is 6.92 Å². The molecule has 0 aliphatic rings. The molecule has 130 valence electrons. The predicted molar refractivity (Wildman–Crippen MR) is 115 cm³/mol. The van der Waals surface area contributed by atoms with Crippen LogP contribution in [0, 0.1) is 6.92 Å². The number of hydrogen-bond acceptors (Lipinski definition) is 1. The van der Waals surface area contributed by atoms with Gasteiger partial charge in [0.15, 0.2) is 0 Å². The number of aryl methyl sites for hydroxylation is 1. The fraction of sp³-hybridized carbons (Fsp3) is 0.120. The maximum atomic E-state index is 3.47. The molecule has 1 heteroatoms. The number of rotatable bonds is 5. The molecule has 0 fully saturated rings. The van der Waals surface area contributed by atoms with E-state index in [1.54, 1.807) is 0 Å². The van der Waals surface area contributed by atoms with Crippen molar-refractivity contribution in [3.05, 3.63) is 102 Å². The van der Waals surface area contributed by atoms with Crippen LogP contribution in [0.5, 0.6) is 0 Å². The number of anilines is 2. The van der Waals surface area contributed by atoms with Gasteiger partial charge in [-0.3, -0.25) is 0 Å². The van der Waals surface area contributed by atoms with Crippen molar-refractivity contribution in [1.82, 2.24) is 0 Å². The van der Waals surface area contributed by atoms with E-state index in [0.29, 0.717) is 0 Å². The van der Waals surface area contributed by atoms with Crippen LogP contribution >= 0.6 is 0 Å². The summed E-state index contributed by atoms with van der Waals surface area (Å²) in [5.74, 6) is 0. The Bertz CT molecular complexity index is 896. The van der Waals surface area contributed by atoms with Gasteiger partial charge < -0.3 is 5.32 Å². The Kier molecular flexibility index (Phi) is 5.70. The molecular formula is C25H25N. The Morgan fingerprint density at radius 2 is 1.19 bits per heavy atom. The second-order valence-electron chi connectivity index (χ2n) is 6.39. The van der Waals surface area contributed by atoms with Gasteiger partial charge in [-0.15, -0.1) is 0 Å². The van der Waals surface area contributed by atoms with Gasteiger partial charge in [-0.1, -0.05) is 72.3 Å². The lowest BCUT2D eigenvalue weighted by Gasteiger charge is -2.09. The van der Waals surface area contributed by atoms with Crippen LogP contribution in [0.25, 0.3) is 16.7 Å². The fourth-order valence-corrected chi connectivity index (χ4v) is 2.94. The molecule has 3 rings (SSSR count). The average Bonchev–Trinajstić information content (AvgIpc) is 2.68. The molecule has 0 bridgehead atoms. The zero-order valence-electron chi connectivity index (χ0n) is 15.7. The van der Waals surface area contributed by atoms with E-state index >= 15 is 0 Å². The highest BCUT2D eigenvalue weighted by atomic mass is 14.9. The van der Waals surface area contributed by atoms with Gasteiger partial charge in [-0.2, -0.15) is 0 Å². The minimum Gasteiger partial charge on any atom is -0.356 e. The van der Waals surface area contributed by atoms with Gasteiger partial charge in [0, 0.05) is 11.4 Å². The van der Waals surface area contributed by atoms with Crippen molar-refractivity contribution in [3.8, 4) is 11.1 Å². The highest BCUT2D eigenvalue weighted by Gasteiger charge is 2.00. The monoisotopic (exact) mass is 339 g/mol. The Hall–Kier alpha value is -3.06. The molecule has 26 heavy (non-hydrogen) atoms. The molecule has 0 radical (unpaired) electrons. The third kappa shape index (κ3) is 4.31. The maximum absolute atomic E-state index is 3.47. The van der Waals surface area contributed by atoms with Gasteiger partial charge in [-0.05, 0) is 67.3 Å². The van der Waals surface area contributed by atoms with E-state index in [0.717, 1.165) is 11.4 Å². The Morgan fingerprint density at radius 3 is 1.69 bits per heavy atom. The topological polar surface area (TPSA) is 12.0 Å². The summed E-state index contributed by atoms with van der Waals surface area (Å²) < 4.78 is 0. The summed E-state index contributed by atoms with van der Waals surface area (Å²) in [5, 5.41) is 3.47. The van der Waals surface area contributed by atoms with Crippen LogP contribution < -0.4 is 5.32 Å². The van der Waals surface area contributed by atoms with Crippen molar-refractivity contribution in [1.29, 1.82) is 0 Å². The number of benzene rings is 3. The third-order valence-corrected chi connectivity index (χ3v) is 4.43. The van der Waals surface area contributed by atoms with Crippen LogP contribution in [0.4, 0.5) is 11.4 Å². The van der Waals surface area contributed by atoms with Crippen molar-refractivity contribution < 1.29 is 0 Å². The van der Waals surface area contributed by atoms with Crippen molar-refractivity contribution >= 4 is 16.9 Å². The van der Waals surface area contributed by atoms with Crippen LogP contribution in [-0.2, 0) is 0 Å². The Balaban J connectivity index is 1.72. The van der Waals surface area contributed by atoms with Gasteiger partial charge in [-0.25, -0.2) is 0 Å². The molecule has 0 saturated heterocycles. The van der Waals surface area contributed by atoms with Crippen molar-refractivity contribution in [2.24, 2.45) is 0 Å². The highest BCUT2D eigenvalue weighted by molar-refractivity contribution is 5.75. The molecular weight excluding hydrogens is 314 g/mol. The quantitative estimate of drug-likeness (QED) is 0.478. The van der Waals surface area contributed by atoms with E-state index < -0.39 is 0 Å². The zero-order chi connectivity index (χ0) is 18.4. The Labute approximate surface area is 156 Å². The normalized spacial score (nSPS) is 11.7. The van der Waals surface area contributed by atoms with E-state index in [9.17, 15) is 0 Å². The third-order valence-electron chi connectivity index (χ3n) is 4.43. The van der Waals surface area contributed by atoms with Gasteiger partial charge >= 0.3 is 0 Å². The molecule has 0 saturated carbocycles. The number of hydrogen-bond donors (Lipinski definition) is 1. The number of nitrogens with one attached hydrogen (secondary N) is 1. The highest BCUT2D eigenvalue weighted by Crippen LogP contribution is 2.25. The largest absolute Gasteiger partial charge is 0.356 e. The van der Waals surface area contributed by atoms with Crippen LogP contribution in [0.15, 0.2) is 91.0 Å². The molecule has 0 aromatic heterocycles. The molecule has 0 heterocycles. The van der Waals surface area contributed by atoms with E-state index in [1.165, 1.54) is 27.8 Å². The summed E-state index contributed by atoms with van der Waals surface area (Å²) in [6, 6.07) is 25.7. The molecule has 0 atom stereocenters. The molecule has 0 amide bonds. The van der Waals surface area contributed by atoms with Gasteiger partial charge in [0.05, 0.1) is 0 Å². The molecule has 3 aromatic carbocycles. The molecule has 3 aromatic rings. The summed E-state index contributed by atoms with van der Waals surface area (Å²) in [4.78, 5) is 0. The van der Waals surface area contributed by atoms with Gasteiger partial charge in [0.25, 0.3) is 0 Å². The maximum Gasteiger partial charge on any atom is 0.0384 e. The molecule has 0 spiro atoms. The van der Waals surface area contributed by atoms with Crippen LogP contribution in [0.1, 0.15) is 25.0 Å². The van der Waals surface area contributed by atoms with Gasteiger partial charge in [0.1, 0.15) is 0 Å². The molecule has 0 unspecified atom stereocenters. The lowest BCUT2D eigenvalue weighted by atomic mass is 10.0. The lowest BCUT2D eigenvalue weighted by Crippen LogP contribution is -1.91. The first-order chi connectivity index (χ1) is 12.7. The van der Waals surface area contributed by atoms with E-state index in [2.05, 4.69) is 110 Å². The molecule has 0 aliphatic heterocycles. The van der Waals surface area contributed by atoms with Crippen molar-refractivity contribution in [2.45, 2.75) is 20.8 Å². The summed E-state index contributed by atoms with van der Waals surface area (Å²) >= 11 is 0. The summed E-state index contributed by atoms with van der Waals surface area (Å²) in [6.45, 7) is 6.22. The lowest BCUT2D eigenvalue weighted by molar-refractivity contribution is 1.47. The summed E-state index contributed by atoms with van der Waals surface area (Å²) in [5.41, 5.74) is 8.41. The molecule has 1 N–H and O–H groups in total. The first-order valence-corrected chi connectivity index (χ1v) is 9.03. The number of allylic oxidation sites excluding steroid dienone is 4. The van der Waals surface area contributed by atoms with Crippen LogP contribution in [0.2, 0.25) is 0 Å². The van der Waals surface area contributed by atoms with E-state index in [-0.39, 0.29) is 0 Å². The smallest absolute Gasteiger partial charge is 0.0384 e. The van der Waals surface area contributed by atoms with Crippen LogP contribution in [0.3, 0.4) is 0 Å². The van der Waals surface area contributed by atoms with Crippen LogP contribution in [-0.4, -0.2) is 0 Å². The standard InChI is InChI=1S/C25H25N/c1-4-6-20(5-2)21-11-15-24(16-12-21)26-25-17-13-23(14-18-25)22-9-7-19(3)8-10-22/h4-18,26H,1-3H3/b6-4-,20-5+. The summed E-state index contributed by atoms with van der Waals surface area (Å²) in [6.07, 6.45) is 6.33. The second-order valence-corrected chi connectivity index (χ2v) is 6.39. The average molecular weight is 339 g/mol. The Morgan fingerprint density at radius 1 is 0.692 bits per heavy atom. The predicted octanol–water partition coefficient (Wildman–Crippen LogP) is 7.39. The van der Waals surface area contributed by atoms with Crippen molar-refractivity contribution in [3.63, 3.8) is 0 Å². The molecule has 0 aliphatic carbocycles. The van der Waals surface area contributed by atoms with Gasteiger partial charge in [0.2, 0.25) is 0 Å². The first-order valence-electron chi connectivity index (χ1n) is 9.03. The minimum atomic E-state index is 1.09. The van der Waals surface area contributed by atoms with E-state index in [4.69, 9.17) is 0 Å². The zero-order valence-corrected chi connectivity index (χ0v) is 15.7. The SMILES string of the molecule is C/C=C\C(=C/C)c1ccc(Nc2ccc(-c3ccc(C)cc3)cc2)cc1. The summed E-state index contributed by atoms with van der Waals surface area (Å²) in [7, 11) is 0.